The molecular weight excluding hydrogens is 591 g/mol. The molecule has 0 bridgehead atoms. The van der Waals surface area contributed by atoms with E-state index in [1.54, 1.807) is 48.2 Å². The normalized spacial score (nSPS) is 18.0. The van der Waals surface area contributed by atoms with Crippen molar-refractivity contribution in [3.8, 4) is 22.8 Å². The number of carboxylic acid groups (broad SMARTS) is 1. The maximum Gasteiger partial charge on any atom is 0.408 e. The SMILES string of the molecule is COc1ccc(CN2Cc3c(F)c(N[C@@H]4CCCC[C@@H]4N(C(=O)O)C(C)(C)C)nc(-c4cnn5ccccc45)c3C2=O)c(OC)c1. The van der Waals surface area contributed by atoms with Crippen LogP contribution < -0.4 is 14.8 Å². The predicted molar refractivity (Wildman–Crippen MR) is 171 cm³/mol. The van der Waals surface area contributed by atoms with Gasteiger partial charge in [-0.05, 0) is 57.9 Å². The van der Waals surface area contributed by atoms with Crippen LogP contribution in [-0.2, 0) is 13.1 Å². The molecule has 1 aliphatic carbocycles. The van der Waals surface area contributed by atoms with E-state index < -0.39 is 17.4 Å². The fourth-order valence-electron chi connectivity index (χ4n) is 6.83. The lowest BCUT2D eigenvalue weighted by Crippen LogP contribution is -2.58. The Bertz CT molecular complexity index is 1800. The van der Waals surface area contributed by atoms with Gasteiger partial charge >= 0.3 is 6.09 Å². The number of fused-ring (bicyclic) bond motifs is 2. The standard InChI is InChI=1S/C34H39FN6O5/c1-34(2,3)41(33(43)44)26-12-7-6-10-24(26)37-31-29(35)23-19-39(18-20-13-14-21(45-4)16-27(20)46-5)32(42)28(23)30(38-31)22-17-36-40-15-9-8-11-25(22)40/h8-9,11,13-17,24,26H,6-7,10,12,18-19H2,1-5H3,(H,37,38)(H,43,44)/t24-,26+/m1/s1. The number of carbonyl (C=O) groups excluding carboxylic acids is 1. The summed E-state index contributed by atoms with van der Waals surface area (Å²) in [5, 5.41) is 18.0. The largest absolute Gasteiger partial charge is 0.497 e. The summed E-state index contributed by atoms with van der Waals surface area (Å²) in [6, 6.07) is 10.2. The molecule has 3 aromatic heterocycles. The molecule has 4 aromatic rings. The van der Waals surface area contributed by atoms with Gasteiger partial charge in [-0.3, -0.25) is 9.69 Å². The van der Waals surface area contributed by atoms with Crippen LogP contribution in [0, 0.1) is 5.82 Å². The number of hydrogen-bond donors (Lipinski definition) is 2. The lowest BCUT2D eigenvalue weighted by molar-refractivity contribution is 0.0519. The number of carbonyl (C=O) groups is 2. The molecule has 46 heavy (non-hydrogen) atoms. The van der Waals surface area contributed by atoms with Crippen LogP contribution >= 0.6 is 0 Å². The first-order chi connectivity index (χ1) is 22.0. The average Bonchev–Trinajstić information content (AvgIpc) is 3.60. The molecule has 0 spiro atoms. The van der Waals surface area contributed by atoms with Crippen molar-refractivity contribution in [1.82, 2.24) is 24.4 Å². The van der Waals surface area contributed by atoms with Gasteiger partial charge in [0.2, 0.25) is 0 Å². The van der Waals surface area contributed by atoms with Crippen LogP contribution in [-0.4, -0.2) is 73.3 Å². The molecule has 0 radical (unpaired) electrons. The Labute approximate surface area is 266 Å². The minimum atomic E-state index is -1.02. The number of amides is 2. The molecule has 12 heteroatoms. The van der Waals surface area contributed by atoms with Crippen molar-refractivity contribution in [2.45, 2.75) is 77.2 Å². The number of nitrogens with one attached hydrogen (secondary N) is 1. The van der Waals surface area contributed by atoms with E-state index >= 15 is 4.39 Å². The number of nitrogens with zero attached hydrogens (tertiary/aromatic N) is 5. The molecule has 1 aromatic carbocycles. The first-order valence-corrected chi connectivity index (χ1v) is 15.5. The van der Waals surface area contributed by atoms with Crippen molar-refractivity contribution in [2.75, 3.05) is 19.5 Å². The third kappa shape index (κ3) is 5.56. The van der Waals surface area contributed by atoms with Crippen LogP contribution in [0.5, 0.6) is 11.5 Å². The van der Waals surface area contributed by atoms with Gasteiger partial charge in [-0.2, -0.15) is 5.10 Å². The number of ether oxygens (including phenoxy) is 2. The van der Waals surface area contributed by atoms with E-state index in [0.717, 1.165) is 23.9 Å². The molecule has 2 atom stereocenters. The molecule has 6 rings (SSSR count). The second-order valence-corrected chi connectivity index (χ2v) is 12.8. The van der Waals surface area contributed by atoms with Crippen molar-refractivity contribution in [3.05, 3.63) is 71.3 Å². The van der Waals surface area contributed by atoms with Crippen LogP contribution in [0.25, 0.3) is 16.8 Å². The molecule has 1 aliphatic heterocycles. The zero-order chi connectivity index (χ0) is 32.7. The quantitative estimate of drug-likeness (QED) is 0.236. The topological polar surface area (TPSA) is 122 Å². The van der Waals surface area contributed by atoms with Crippen molar-refractivity contribution in [2.24, 2.45) is 0 Å². The van der Waals surface area contributed by atoms with Gasteiger partial charge in [-0.25, -0.2) is 18.7 Å². The molecule has 1 fully saturated rings. The van der Waals surface area contributed by atoms with Gasteiger partial charge in [0.25, 0.3) is 5.91 Å². The van der Waals surface area contributed by atoms with Gasteiger partial charge in [-0.1, -0.05) is 18.9 Å². The summed E-state index contributed by atoms with van der Waals surface area (Å²) in [7, 11) is 3.11. The van der Waals surface area contributed by atoms with E-state index in [4.69, 9.17) is 14.5 Å². The van der Waals surface area contributed by atoms with E-state index in [1.165, 1.54) is 4.90 Å². The maximum absolute atomic E-state index is 16.6. The Morgan fingerprint density at radius 2 is 1.93 bits per heavy atom. The molecule has 2 N–H and O–H groups in total. The molecule has 2 amide bonds. The maximum atomic E-state index is 16.6. The Kier molecular flexibility index (Phi) is 8.22. The zero-order valence-electron chi connectivity index (χ0n) is 26.7. The van der Waals surface area contributed by atoms with Crippen LogP contribution in [0.15, 0.2) is 48.8 Å². The molecule has 4 heterocycles. The van der Waals surface area contributed by atoms with E-state index in [1.807, 2.05) is 45.0 Å². The zero-order valence-corrected chi connectivity index (χ0v) is 26.7. The predicted octanol–water partition coefficient (Wildman–Crippen LogP) is 6.21. The molecule has 1 saturated carbocycles. The summed E-state index contributed by atoms with van der Waals surface area (Å²) in [6.07, 6.45) is 5.45. The van der Waals surface area contributed by atoms with Crippen molar-refractivity contribution >= 4 is 23.3 Å². The summed E-state index contributed by atoms with van der Waals surface area (Å²) >= 11 is 0. The lowest BCUT2D eigenvalue weighted by Gasteiger charge is -2.45. The molecule has 2 aliphatic rings. The van der Waals surface area contributed by atoms with E-state index in [0.29, 0.717) is 35.6 Å². The minimum Gasteiger partial charge on any atom is -0.497 e. The monoisotopic (exact) mass is 630 g/mol. The number of hydrogen-bond acceptors (Lipinski definition) is 7. The van der Waals surface area contributed by atoms with Gasteiger partial charge < -0.3 is 24.8 Å². The number of aromatic nitrogens is 3. The van der Waals surface area contributed by atoms with Crippen LogP contribution in [0.1, 0.15) is 67.9 Å². The van der Waals surface area contributed by atoms with Crippen LogP contribution in [0.2, 0.25) is 0 Å². The van der Waals surface area contributed by atoms with Crippen LogP contribution in [0.3, 0.4) is 0 Å². The first-order valence-electron chi connectivity index (χ1n) is 15.5. The summed E-state index contributed by atoms with van der Waals surface area (Å²) in [4.78, 5) is 34.4. The Morgan fingerprint density at radius 3 is 2.65 bits per heavy atom. The molecular formula is C34H39FN6O5. The van der Waals surface area contributed by atoms with Gasteiger partial charge in [0.15, 0.2) is 11.6 Å². The van der Waals surface area contributed by atoms with E-state index in [9.17, 15) is 14.7 Å². The first kappa shape index (κ1) is 31.1. The summed E-state index contributed by atoms with van der Waals surface area (Å²) in [6.45, 7) is 5.80. The molecule has 0 saturated heterocycles. The molecule has 242 valence electrons. The van der Waals surface area contributed by atoms with Crippen molar-refractivity contribution in [3.63, 3.8) is 0 Å². The second kappa shape index (κ2) is 12.1. The Hall–Kier alpha value is -4.87. The smallest absolute Gasteiger partial charge is 0.408 e. The lowest BCUT2D eigenvalue weighted by atomic mass is 9.86. The number of methoxy groups -OCH3 is 2. The number of pyridine rings is 2. The second-order valence-electron chi connectivity index (χ2n) is 12.8. The molecule has 0 unspecified atom stereocenters. The minimum absolute atomic E-state index is 0.00291. The highest BCUT2D eigenvalue weighted by Gasteiger charge is 2.41. The summed E-state index contributed by atoms with van der Waals surface area (Å²) < 4.78 is 29.2. The van der Waals surface area contributed by atoms with Gasteiger partial charge in [0, 0.05) is 47.1 Å². The number of halogens is 1. The number of anilines is 1. The fraction of sp³-hybridized carbons (Fsp3) is 0.412. The number of benzene rings is 1. The summed E-state index contributed by atoms with van der Waals surface area (Å²) in [5.41, 5.74) is 2.16. The highest BCUT2D eigenvalue weighted by molar-refractivity contribution is 6.05. The third-order valence-electron chi connectivity index (χ3n) is 8.93. The van der Waals surface area contributed by atoms with E-state index in [2.05, 4.69) is 10.4 Å². The Balaban J connectivity index is 1.43. The highest BCUT2D eigenvalue weighted by Crippen LogP contribution is 2.40. The Morgan fingerprint density at radius 1 is 1.15 bits per heavy atom. The molecule has 11 nitrogen and oxygen atoms in total. The number of rotatable bonds is 8. The third-order valence-corrected chi connectivity index (χ3v) is 8.93. The summed E-state index contributed by atoms with van der Waals surface area (Å²) in [5.74, 6) is 0.201. The van der Waals surface area contributed by atoms with Crippen molar-refractivity contribution in [1.29, 1.82) is 0 Å². The van der Waals surface area contributed by atoms with E-state index in [-0.39, 0.29) is 48.0 Å². The highest BCUT2D eigenvalue weighted by atomic mass is 19.1. The van der Waals surface area contributed by atoms with Crippen molar-refractivity contribution < 1.29 is 28.6 Å². The average molecular weight is 631 g/mol. The fourth-order valence-corrected chi connectivity index (χ4v) is 6.83. The van der Waals surface area contributed by atoms with Gasteiger partial charge in [-0.15, -0.1) is 0 Å². The van der Waals surface area contributed by atoms with Gasteiger partial charge in [0.1, 0.15) is 11.5 Å². The van der Waals surface area contributed by atoms with Crippen LogP contribution in [0.4, 0.5) is 15.0 Å². The van der Waals surface area contributed by atoms with Gasteiger partial charge in [0.05, 0.1) is 49.8 Å².